The molecule has 0 saturated carbocycles. The average Bonchev–Trinajstić information content (AvgIpc) is 3.35. The highest BCUT2D eigenvalue weighted by Crippen LogP contribution is 2.22. The standard InChI is InChI=1S/C23H31N7O/c1-5-24-23(29-11-12-31-22(16-29)19-13-26-28(4)15-19)25-14-21-17(2)27-30(18(21)3)20-9-7-6-8-10-20/h6-10,13,15,22H,5,11-12,14,16H2,1-4H3,(H,24,25). The van der Waals surface area contributed by atoms with Crippen molar-refractivity contribution < 1.29 is 4.74 Å². The van der Waals surface area contributed by atoms with Crippen molar-refractivity contribution in [2.75, 3.05) is 26.2 Å². The van der Waals surface area contributed by atoms with E-state index in [1.807, 2.05) is 47.0 Å². The average molecular weight is 422 g/mol. The SMILES string of the molecule is CCNC(=NCc1c(C)nn(-c2ccccc2)c1C)N1CCOC(c2cnn(C)c2)C1. The molecule has 31 heavy (non-hydrogen) atoms. The van der Waals surface area contributed by atoms with E-state index < -0.39 is 0 Å². The number of hydrogen-bond donors (Lipinski definition) is 1. The van der Waals surface area contributed by atoms with E-state index in [1.54, 1.807) is 0 Å². The van der Waals surface area contributed by atoms with Crippen molar-refractivity contribution in [2.24, 2.45) is 12.0 Å². The van der Waals surface area contributed by atoms with Crippen molar-refractivity contribution in [3.8, 4) is 5.69 Å². The second kappa shape index (κ2) is 9.34. The summed E-state index contributed by atoms with van der Waals surface area (Å²) in [5.74, 6) is 0.908. The molecule has 8 heteroatoms. The molecule has 1 saturated heterocycles. The molecule has 1 aromatic carbocycles. The maximum absolute atomic E-state index is 6.00. The maximum atomic E-state index is 6.00. The van der Waals surface area contributed by atoms with E-state index in [0.717, 1.165) is 53.8 Å². The zero-order chi connectivity index (χ0) is 21.8. The molecule has 164 valence electrons. The van der Waals surface area contributed by atoms with Gasteiger partial charge in [-0.15, -0.1) is 0 Å². The molecule has 1 atom stereocenters. The van der Waals surface area contributed by atoms with Crippen LogP contribution in [0.15, 0.2) is 47.7 Å². The number of nitrogens with zero attached hydrogens (tertiary/aromatic N) is 6. The number of aryl methyl sites for hydroxylation is 2. The minimum atomic E-state index is -0.00407. The van der Waals surface area contributed by atoms with Crippen molar-refractivity contribution in [3.63, 3.8) is 0 Å². The van der Waals surface area contributed by atoms with Crippen LogP contribution in [0.1, 0.15) is 35.5 Å². The molecule has 8 nitrogen and oxygen atoms in total. The largest absolute Gasteiger partial charge is 0.370 e. The molecule has 4 rings (SSSR count). The molecule has 1 fully saturated rings. The highest BCUT2D eigenvalue weighted by molar-refractivity contribution is 5.80. The minimum Gasteiger partial charge on any atom is -0.370 e. The van der Waals surface area contributed by atoms with Gasteiger partial charge in [-0.2, -0.15) is 10.2 Å². The summed E-state index contributed by atoms with van der Waals surface area (Å²) in [6.45, 7) is 9.88. The Bertz CT molecular complexity index is 1040. The van der Waals surface area contributed by atoms with Gasteiger partial charge in [0.25, 0.3) is 0 Å². The van der Waals surface area contributed by atoms with Crippen LogP contribution in [-0.2, 0) is 18.3 Å². The molecule has 1 unspecified atom stereocenters. The third-order valence-corrected chi connectivity index (χ3v) is 5.63. The summed E-state index contributed by atoms with van der Waals surface area (Å²) in [6, 6.07) is 10.2. The fourth-order valence-electron chi connectivity index (χ4n) is 3.95. The van der Waals surface area contributed by atoms with E-state index >= 15 is 0 Å². The third-order valence-electron chi connectivity index (χ3n) is 5.63. The van der Waals surface area contributed by atoms with Gasteiger partial charge in [-0.3, -0.25) is 4.68 Å². The Kier molecular flexibility index (Phi) is 6.36. The summed E-state index contributed by atoms with van der Waals surface area (Å²) in [6.07, 6.45) is 3.89. The summed E-state index contributed by atoms with van der Waals surface area (Å²) in [5, 5.41) is 12.5. The number of benzene rings is 1. The molecule has 0 aliphatic carbocycles. The summed E-state index contributed by atoms with van der Waals surface area (Å²) in [5.41, 5.74) is 5.46. The van der Waals surface area contributed by atoms with E-state index in [2.05, 4.69) is 48.2 Å². The molecule has 2 aromatic heterocycles. The summed E-state index contributed by atoms with van der Waals surface area (Å²) in [4.78, 5) is 7.25. The Labute approximate surface area is 183 Å². The Morgan fingerprint density at radius 1 is 1.26 bits per heavy atom. The van der Waals surface area contributed by atoms with Gasteiger partial charge in [-0.1, -0.05) is 18.2 Å². The molecule has 0 radical (unpaired) electrons. The van der Waals surface area contributed by atoms with E-state index in [4.69, 9.17) is 14.8 Å². The van der Waals surface area contributed by atoms with E-state index in [-0.39, 0.29) is 6.10 Å². The van der Waals surface area contributed by atoms with Crippen LogP contribution < -0.4 is 5.32 Å². The van der Waals surface area contributed by atoms with Crippen molar-refractivity contribution >= 4 is 5.96 Å². The molecular weight excluding hydrogens is 390 g/mol. The van der Waals surface area contributed by atoms with Gasteiger partial charge in [0.05, 0.1) is 37.3 Å². The molecule has 0 spiro atoms. The number of aliphatic imine (C=N–C) groups is 1. The predicted octanol–water partition coefficient (Wildman–Crippen LogP) is 2.76. The number of nitrogens with one attached hydrogen (secondary N) is 1. The summed E-state index contributed by atoms with van der Waals surface area (Å²) >= 11 is 0. The molecule has 0 amide bonds. The lowest BCUT2D eigenvalue weighted by atomic mass is 10.1. The van der Waals surface area contributed by atoms with Crippen LogP contribution in [0.4, 0.5) is 0 Å². The number of morpholine rings is 1. The van der Waals surface area contributed by atoms with Gasteiger partial charge < -0.3 is 15.0 Å². The first-order valence-corrected chi connectivity index (χ1v) is 10.8. The lowest BCUT2D eigenvalue weighted by molar-refractivity contribution is -0.00805. The van der Waals surface area contributed by atoms with Gasteiger partial charge in [0, 0.05) is 43.2 Å². The Morgan fingerprint density at radius 2 is 2.06 bits per heavy atom. The summed E-state index contributed by atoms with van der Waals surface area (Å²) < 4.78 is 9.81. The Balaban J connectivity index is 1.54. The van der Waals surface area contributed by atoms with Gasteiger partial charge in [-0.25, -0.2) is 9.67 Å². The second-order valence-electron chi connectivity index (χ2n) is 7.82. The van der Waals surface area contributed by atoms with Gasteiger partial charge in [0.15, 0.2) is 5.96 Å². The molecule has 1 aliphatic heterocycles. The first-order valence-electron chi connectivity index (χ1n) is 10.8. The van der Waals surface area contributed by atoms with Crippen LogP contribution >= 0.6 is 0 Å². The smallest absolute Gasteiger partial charge is 0.194 e. The van der Waals surface area contributed by atoms with Crippen molar-refractivity contribution in [3.05, 3.63) is 65.2 Å². The third kappa shape index (κ3) is 4.64. The molecular formula is C23H31N7O. The van der Waals surface area contributed by atoms with E-state index in [9.17, 15) is 0 Å². The van der Waals surface area contributed by atoms with Gasteiger partial charge in [-0.05, 0) is 32.9 Å². The molecule has 3 aromatic rings. The topological polar surface area (TPSA) is 72.5 Å². The quantitative estimate of drug-likeness (QED) is 0.507. The lowest BCUT2D eigenvalue weighted by Crippen LogP contribution is -2.48. The fraction of sp³-hybridized carbons (Fsp3) is 0.435. The monoisotopic (exact) mass is 421 g/mol. The number of ether oxygens (including phenoxy) is 1. The van der Waals surface area contributed by atoms with Crippen LogP contribution in [0.25, 0.3) is 5.69 Å². The van der Waals surface area contributed by atoms with Gasteiger partial charge in [0.2, 0.25) is 0 Å². The molecule has 0 bridgehead atoms. The zero-order valence-electron chi connectivity index (χ0n) is 18.7. The maximum Gasteiger partial charge on any atom is 0.194 e. The van der Waals surface area contributed by atoms with Crippen molar-refractivity contribution in [2.45, 2.75) is 33.4 Å². The summed E-state index contributed by atoms with van der Waals surface area (Å²) in [7, 11) is 1.93. The Morgan fingerprint density at radius 3 is 2.77 bits per heavy atom. The predicted molar refractivity (Wildman–Crippen MR) is 121 cm³/mol. The zero-order valence-corrected chi connectivity index (χ0v) is 18.7. The number of guanidine groups is 1. The fourth-order valence-corrected chi connectivity index (χ4v) is 3.95. The van der Waals surface area contributed by atoms with Gasteiger partial charge >= 0.3 is 0 Å². The number of para-hydroxylation sites is 1. The van der Waals surface area contributed by atoms with Crippen molar-refractivity contribution in [1.29, 1.82) is 0 Å². The first kappa shape index (κ1) is 21.1. The highest BCUT2D eigenvalue weighted by atomic mass is 16.5. The highest BCUT2D eigenvalue weighted by Gasteiger charge is 2.25. The van der Waals surface area contributed by atoms with Gasteiger partial charge in [0.1, 0.15) is 6.10 Å². The number of aromatic nitrogens is 4. The molecule has 1 N–H and O–H groups in total. The van der Waals surface area contributed by atoms with Crippen LogP contribution in [0.3, 0.4) is 0 Å². The second-order valence-corrected chi connectivity index (χ2v) is 7.82. The van der Waals surface area contributed by atoms with Crippen LogP contribution in [0, 0.1) is 13.8 Å². The molecule has 3 heterocycles. The molecule has 1 aliphatic rings. The van der Waals surface area contributed by atoms with Crippen LogP contribution in [-0.4, -0.2) is 56.7 Å². The lowest BCUT2D eigenvalue weighted by Gasteiger charge is -2.34. The Hall–Kier alpha value is -3.13. The number of rotatable bonds is 5. The number of hydrogen-bond acceptors (Lipinski definition) is 4. The van der Waals surface area contributed by atoms with E-state index in [1.165, 1.54) is 0 Å². The van der Waals surface area contributed by atoms with Crippen LogP contribution in [0.5, 0.6) is 0 Å². The minimum absolute atomic E-state index is 0.00407. The van der Waals surface area contributed by atoms with Crippen LogP contribution in [0.2, 0.25) is 0 Å². The normalized spacial score (nSPS) is 17.2. The first-order chi connectivity index (χ1) is 15.1. The van der Waals surface area contributed by atoms with Crippen molar-refractivity contribution in [1.82, 2.24) is 29.8 Å². The van der Waals surface area contributed by atoms with E-state index in [0.29, 0.717) is 13.2 Å².